The summed E-state index contributed by atoms with van der Waals surface area (Å²) in [5.41, 5.74) is 0.745. The number of nitrogens with zero attached hydrogens (tertiary/aromatic N) is 1. The average Bonchev–Trinajstić information content (AvgIpc) is 2.38. The number of ether oxygens (including phenoxy) is 2. The maximum absolute atomic E-state index is 11.8. The van der Waals surface area contributed by atoms with Crippen LogP contribution in [0.4, 0.5) is 0 Å². The zero-order valence-corrected chi connectivity index (χ0v) is 12.8. The van der Waals surface area contributed by atoms with Gasteiger partial charge in [-0.2, -0.15) is 0 Å². The fraction of sp³-hybridized carbons (Fsp3) is 0.562. The number of aliphatic carboxylic acids is 1. The van der Waals surface area contributed by atoms with Gasteiger partial charge in [0.2, 0.25) is 0 Å². The van der Waals surface area contributed by atoms with Crippen LogP contribution in [0, 0.1) is 0 Å². The Hall–Kier alpha value is -1.59. The Balaban J connectivity index is 2.26. The molecule has 0 aliphatic carbocycles. The molecule has 1 aliphatic heterocycles. The number of carboxylic acid groups (broad SMARTS) is 1. The molecule has 0 amide bonds. The van der Waals surface area contributed by atoms with Crippen LogP contribution in [0.25, 0.3) is 0 Å². The van der Waals surface area contributed by atoms with Crippen molar-refractivity contribution in [3.63, 3.8) is 0 Å². The van der Waals surface area contributed by atoms with Gasteiger partial charge in [0.15, 0.2) is 0 Å². The van der Waals surface area contributed by atoms with Crippen LogP contribution in [0.1, 0.15) is 32.4 Å². The van der Waals surface area contributed by atoms with Gasteiger partial charge in [0.25, 0.3) is 0 Å². The maximum atomic E-state index is 11.8. The first-order valence-corrected chi connectivity index (χ1v) is 7.36. The van der Waals surface area contributed by atoms with Gasteiger partial charge in [-0.05, 0) is 38.5 Å². The molecule has 1 heterocycles. The molecule has 1 aromatic carbocycles. The van der Waals surface area contributed by atoms with Gasteiger partial charge < -0.3 is 14.6 Å². The molecule has 21 heavy (non-hydrogen) atoms. The van der Waals surface area contributed by atoms with Gasteiger partial charge in [0, 0.05) is 13.1 Å². The van der Waals surface area contributed by atoms with E-state index in [1.807, 2.05) is 49.9 Å². The summed E-state index contributed by atoms with van der Waals surface area (Å²) in [6.07, 6.45) is 0.0661. The molecule has 116 valence electrons. The molecule has 0 aromatic heterocycles. The smallest absolute Gasteiger partial charge is 0.325 e. The largest absolute Gasteiger partial charge is 0.494 e. The second kappa shape index (κ2) is 6.91. The third kappa shape index (κ3) is 3.95. The number of carbonyl (C=O) groups is 1. The van der Waals surface area contributed by atoms with Crippen LogP contribution in [-0.2, 0) is 9.53 Å². The van der Waals surface area contributed by atoms with Crippen LogP contribution in [0.5, 0.6) is 5.75 Å². The molecule has 1 fully saturated rings. The van der Waals surface area contributed by atoms with E-state index in [1.54, 1.807) is 0 Å². The van der Waals surface area contributed by atoms with Gasteiger partial charge in [-0.25, -0.2) is 0 Å². The fourth-order valence-corrected chi connectivity index (χ4v) is 2.88. The van der Waals surface area contributed by atoms with Gasteiger partial charge in [0.05, 0.1) is 18.8 Å². The first-order chi connectivity index (χ1) is 10.0. The highest BCUT2D eigenvalue weighted by molar-refractivity contribution is 5.75. The van der Waals surface area contributed by atoms with Crippen molar-refractivity contribution in [2.24, 2.45) is 0 Å². The minimum absolute atomic E-state index is 0.0330. The molecular formula is C16H23NO4. The first-order valence-electron chi connectivity index (χ1n) is 7.36. The van der Waals surface area contributed by atoms with Gasteiger partial charge in [0.1, 0.15) is 11.8 Å². The summed E-state index contributed by atoms with van der Waals surface area (Å²) < 4.78 is 11.2. The van der Waals surface area contributed by atoms with Crippen LogP contribution >= 0.6 is 0 Å². The summed E-state index contributed by atoms with van der Waals surface area (Å²) >= 11 is 0. The zero-order valence-electron chi connectivity index (χ0n) is 12.8. The number of morpholine rings is 1. The molecule has 0 bridgehead atoms. The number of carboxylic acids is 1. The van der Waals surface area contributed by atoms with Crippen LogP contribution in [-0.4, -0.2) is 47.9 Å². The lowest BCUT2D eigenvalue weighted by atomic mass is 10.0. The summed E-state index contributed by atoms with van der Waals surface area (Å²) in [6, 6.07) is 6.67. The average molecular weight is 293 g/mol. The highest BCUT2D eigenvalue weighted by Gasteiger charge is 2.33. The lowest BCUT2D eigenvalue weighted by Gasteiger charge is -2.38. The summed E-state index contributed by atoms with van der Waals surface area (Å²) in [5, 5.41) is 9.65. The van der Waals surface area contributed by atoms with Crippen LogP contribution in [0.2, 0.25) is 0 Å². The molecule has 3 unspecified atom stereocenters. The number of rotatable bonds is 5. The summed E-state index contributed by atoms with van der Waals surface area (Å²) in [6.45, 7) is 7.64. The van der Waals surface area contributed by atoms with Crippen molar-refractivity contribution in [2.45, 2.75) is 39.0 Å². The van der Waals surface area contributed by atoms with E-state index in [0.29, 0.717) is 25.4 Å². The Labute approximate surface area is 125 Å². The Morgan fingerprint density at radius 3 is 2.67 bits per heavy atom. The molecule has 1 aromatic rings. The molecule has 0 saturated carbocycles. The summed E-state index contributed by atoms with van der Waals surface area (Å²) in [4.78, 5) is 13.7. The van der Waals surface area contributed by atoms with E-state index in [1.165, 1.54) is 0 Å². The number of hydrogen-bond acceptors (Lipinski definition) is 4. The van der Waals surface area contributed by atoms with Gasteiger partial charge in [-0.1, -0.05) is 12.1 Å². The molecule has 1 N–H and O–H groups in total. The van der Waals surface area contributed by atoms with Crippen LogP contribution in [0.15, 0.2) is 24.3 Å². The van der Waals surface area contributed by atoms with E-state index in [-0.39, 0.29) is 12.2 Å². The SMILES string of the molecule is CCOc1cccc(C(C(=O)O)N2CC(C)OC(C)C2)c1. The predicted octanol–water partition coefficient (Wildman–Crippen LogP) is 2.32. The Bertz CT molecular complexity index is 481. The molecule has 5 heteroatoms. The Kier molecular flexibility index (Phi) is 5.20. The van der Waals surface area contributed by atoms with Gasteiger partial charge in [-0.15, -0.1) is 0 Å². The lowest BCUT2D eigenvalue weighted by Crippen LogP contribution is -2.48. The number of hydrogen-bond donors (Lipinski definition) is 1. The quantitative estimate of drug-likeness (QED) is 0.903. The molecule has 1 saturated heterocycles. The van der Waals surface area contributed by atoms with E-state index in [2.05, 4.69) is 0 Å². The maximum Gasteiger partial charge on any atom is 0.325 e. The number of benzene rings is 1. The van der Waals surface area contributed by atoms with Crippen molar-refractivity contribution in [1.82, 2.24) is 4.90 Å². The highest BCUT2D eigenvalue weighted by atomic mass is 16.5. The lowest BCUT2D eigenvalue weighted by molar-refractivity contribution is -0.149. The minimum atomic E-state index is -0.843. The van der Waals surface area contributed by atoms with Gasteiger partial charge >= 0.3 is 5.97 Å². The fourth-order valence-electron chi connectivity index (χ4n) is 2.88. The third-order valence-corrected chi connectivity index (χ3v) is 3.53. The third-order valence-electron chi connectivity index (χ3n) is 3.53. The molecule has 2 rings (SSSR count). The second-order valence-electron chi connectivity index (χ2n) is 5.46. The Morgan fingerprint density at radius 1 is 1.43 bits per heavy atom. The van der Waals surface area contributed by atoms with E-state index >= 15 is 0 Å². The molecule has 0 spiro atoms. The van der Waals surface area contributed by atoms with E-state index in [0.717, 1.165) is 5.56 Å². The van der Waals surface area contributed by atoms with Crippen molar-refractivity contribution in [3.05, 3.63) is 29.8 Å². The van der Waals surface area contributed by atoms with Crippen molar-refractivity contribution in [2.75, 3.05) is 19.7 Å². The van der Waals surface area contributed by atoms with Crippen LogP contribution < -0.4 is 4.74 Å². The predicted molar refractivity (Wildman–Crippen MR) is 79.6 cm³/mol. The van der Waals surface area contributed by atoms with Gasteiger partial charge in [-0.3, -0.25) is 9.69 Å². The van der Waals surface area contributed by atoms with E-state index in [9.17, 15) is 9.90 Å². The molecule has 1 aliphatic rings. The summed E-state index contributed by atoms with van der Waals surface area (Å²) in [5.74, 6) is -0.138. The minimum Gasteiger partial charge on any atom is -0.494 e. The molecular weight excluding hydrogens is 270 g/mol. The Morgan fingerprint density at radius 2 is 2.10 bits per heavy atom. The zero-order chi connectivity index (χ0) is 15.4. The second-order valence-corrected chi connectivity index (χ2v) is 5.46. The van der Waals surface area contributed by atoms with Crippen molar-refractivity contribution < 1.29 is 19.4 Å². The topological polar surface area (TPSA) is 59.0 Å². The standard InChI is InChI=1S/C16H23NO4/c1-4-20-14-7-5-6-13(8-14)15(16(18)19)17-9-11(2)21-12(3)10-17/h5-8,11-12,15H,4,9-10H2,1-3H3,(H,18,19). The van der Waals surface area contributed by atoms with Crippen molar-refractivity contribution >= 4 is 5.97 Å². The van der Waals surface area contributed by atoms with Crippen molar-refractivity contribution in [1.29, 1.82) is 0 Å². The van der Waals surface area contributed by atoms with E-state index < -0.39 is 12.0 Å². The molecule has 5 nitrogen and oxygen atoms in total. The van der Waals surface area contributed by atoms with Crippen molar-refractivity contribution in [3.8, 4) is 5.75 Å². The van der Waals surface area contributed by atoms with E-state index in [4.69, 9.17) is 9.47 Å². The highest BCUT2D eigenvalue weighted by Crippen LogP contribution is 2.27. The normalized spacial score (nSPS) is 24.5. The first kappa shape index (κ1) is 15.8. The van der Waals surface area contributed by atoms with Crippen LogP contribution in [0.3, 0.4) is 0 Å². The molecule has 0 radical (unpaired) electrons. The summed E-state index contributed by atoms with van der Waals surface area (Å²) in [7, 11) is 0. The molecule has 3 atom stereocenters. The monoisotopic (exact) mass is 293 g/mol.